The molecule has 0 saturated heterocycles. The van der Waals surface area contributed by atoms with Gasteiger partial charge in [-0.25, -0.2) is 14.7 Å². The fourth-order valence-corrected chi connectivity index (χ4v) is 3.39. The Morgan fingerprint density at radius 1 is 0.963 bits per heavy atom. The van der Waals surface area contributed by atoms with Crippen LogP contribution >= 0.6 is 0 Å². The molecule has 154 valence electrons. The third kappa shape index (κ3) is 9.96. The van der Waals surface area contributed by atoms with Crippen LogP contribution in [0.1, 0.15) is 12.0 Å². The molecule has 1 rings (SSSR count). The van der Waals surface area contributed by atoms with E-state index in [4.69, 9.17) is 18.2 Å². The van der Waals surface area contributed by atoms with E-state index in [0.717, 1.165) is 25.2 Å². The molecule has 0 fully saturated rings. The van der Waals surface area contributed by atoms with E-state index in [1.807, 2.05) is 25.2 Å². The molecule has 1 N–H and O–H groups in total. The first kappa shape index (κ1) is 23.7. The van der Waals surface area contributed by atoms with Crippen LogP contribution in [0.15, 0.2) is 36.5 Å². The van der Waals surface area contributed by atoms with Crippen LogP contribution in [-0.2, 0) is 32.8 Å². The lowest BCUT2D eigenvalue weighted by Gasteiger charge is -2.24. The summed E-state index contributed by atoms with van der Waals surface area (Å²) in [6, 6.07) is 10.1. The normalized spacial score (nSPS) is 12.0. The third-order valence-corrected chi connectivity index (χ3v) is 5.02. The smallest absolute Gasteiger partial charge is 0.376 e. The van der Waals surface area contributed by atoms with Gasteiger partial charge in [0.2, 0.25) is 0 Å². The van der Waals surface area contributed by atoms with Gasteiger partial charge in [0.25, 0.3) is 0 Å². The van der Waals surface area contributed by atoms with Gasteiger partial charge in [0, 0.05) is 26.2 Å². The van der Waals surface area contributed by atoms with Gasteiger partial charge in [-0.3, -0.25) is 0 Å². The molecule has 0 atom stereocenters. The van der Waals surface area contributed by atoms with E-state index >= 15 is 0 Å². The van der Waals surface area contributed by atoms with Gasteiger partial charge in [0.1, 0.15) is 0 Å². The van der Waals surface area contributed by atoms with Crippen LogP contribution in [0.25, 0.3) is 6.08 Å². The van der Waals surface area contributed by atoms with Gasteiger partial charge in [-0.05, 0) is 31.3 Å². The van der Waals surface area contributed by atoms with Crippen molar-refractivity contribution in [3.05, 3.63) is 42.1 Å². The summed E-state index contributed by atoms with van der Waals surface area (Å²) in [6.07, 6.45) is 4.84. The summed E-state index contributed by atoms with van der Waals surface area (Å²) in [5, 5.41) is 3.15. The van der Waals surface area contributed by atoms with E-state index in [-0.39, 0.29) is 0 Å². The highest BCUT2D eigenvalue weighted by molar-refractivity contribution is 6.52. The molecule has 0 saturated carbocycles. The predicted molar refractivity (Wildman–Crippen MR) is 102 cm³/mol. The van der Waals surface area contributed by atoms with Crippen molar-refractivity contribution in [2.24, 2.45) is 0 Å². The van der Waals surface area contributed by atoms with Crippen molar-refractivity contribution >= 4 is 15.1 Å². The lowest BCUT2D eigenvalue weighted by Crippen LogP contribution is -2.49. The molecule has 0 unspecified atom stereocenters. The number of nitrogens with zero attached hydrogens (tertiary/aromatic N) is 1. The number of likely N-dealkylation sites (N-methyl/N-ethyl adjacent to an activating group) is 1. The summed E-state index contributed by atoms with van der Waals surface area (Å²) in [6.45, 7) is 2.80. The van der Waals surface area contributed by atoms with E-state index in [1.54, 1.807) is 0 Å². The monoisotopic (exact) mass is 402 g/mol. The summed E-state index contributed by atoms with van der Waals surface area (Å²) < 4.78 is 20.5. The summed E-state index contributed by atoms with van der Waals surface area (Å²) >= 11 is 0. The Balaban J connectivity index is 2.54. The van der Waals surface area contributed by atoms with Gasteiger partial charge in [0.05, 0.1) is 21.3 Å². The van der Waals surface area contributed by atoms with Crippen LogP contribution in [-0.4, -0.2) is 68.6 Å². The average Bonchev–Trinajstić information content (AvgIpc) is 2.68. The Bertz CT molecular complexity index is 490. The Morgan fingerprint density at radius 3 is 2.15 bits per heavy atom. The molecule has 0 aliphatic carbocycles. The van der Waals surface area contributed by atoms with Crippen molar-refractivity contribution in [1.29, 1.82) is 0 Å². The summed E-state index contributed by atoms with van der Waals surface area (Å²) in [7, 11) is 2.19. The zero-order chi connectivity index (χ0) is 19.8. The van der Waals surface area contributed by atoms with Gasteiger partial charge in [-0.1, -0.05) is 30.3 Å². The molecule has 1 aromatic carbocycles. The molecule has 0 spiro atoms. The lowest BCUT2D eigenvalue weighted by molar-refractivity contribution is -0.370. The van der Waals surface area contributed by atoms with E-state index in [2.05, 4.69) is 49.3 Å². The molecule has 0 aliphatic heterocycles. The molecule has 27 heavy (non-hydrogen) atoms. The fourth-order valence-electron chi connectivity index (χ4n) is 2.16. The zero-order valence-electron chi connectivity index (χ0n) is 16.4. The van der Waals surface area contributed by atoms with Crippen LogP contribution in [0.2, 0.25) is 0 Å². The van der Waals surface area contributed by atoms with Crippen molar-refractivity contribution in [2.45, 2.75) is 6.42 Å². The van der Waals surface area contributed by atoms with E-state index in [1.165, 1.54) is 21.3 Å². The highest BCUT2D eigenvalue weighted by atomic mass is 28.4. The standard InChI is InChI=1S/C17H30N2O7Si/c1-18-12-15-19(14-11-17-9-6-5-7-10-17)13-8-16-23-27(24-20-2,25-21-3)26-22-4/h5-7,9-11,14,18H,8,12-13,15-16H2,1-4H3. The number of rotatable bonds is 16. The van der Waals surface area contributed by atoms with Crippen LogP contribution in [0, 0.1) is 0 Å². The third-order valence-electron chi connectivity index (χ3n) is 3.35. The first-order chi connectivity index (χ1) is 13.2. The Morgan fingerprint density at radius 2 is 1.59 bits per heavy atom. The van der Waals surface area contributed by atoms with Crippen LogP contribution in [0.3, 0.4) is 0 Å². The highest BCUT2D eigenvalue weighted by Gasteiger charge is 2.51. The Kier molecular flexibility index (Phi) is 12.9. The SMILES string of the molecule is CNCCN(C=Cc1ccccc1)CCCO[Si](OOC)(OOC)OOC. The topological polar surface area (TPSA) is 79.9 Å². The quantitative estimate of drug-likeness (QED) is 0.192. The maximum atomic E-state index is 5.60. The van der Waals surface area contributed by atoms with Crippen LogP contribution in [0.5, 0.6) is 0 Å². The second kappa shape index (κ2) is 14.7. The maximum Gasteiger partial charge on any atom is 0.764 e. The maximum absolute atomic E-state index is 5.60. The largest absolute Gasteiger partial charge is 0.764 e. The molecule has 0 amide bonds. The van der Waals surface area contributed by atoms with E-state index in [0.29, 0.717) is 13.0 Å². The van der Waals surface area contributed by atoms with Gasteiger partial charge in [-0.2, -0.15) is 13.7 Å². The van der Waals surface area contributed by atoms with Crippen molar-refractivity contribution in [3.8, 4) is 0 Å². The van der Waals surface area contributed by atoms with Crippen LogP contribution < -0.4 is 5.32 Å². The minimum Gasteiger partial charge on any atom is -0.376 e. The molecular weight excluding hydrogens is 372 g/mol. The van der Waals surface area contributed by atoms with E-state index < -0.39 is 9.05 Å². The Labute approximate surface area is 162 Å². The molecule has 0 heterocycles. The number of nitrogens with one attached hydrogen (secondary N) is 1. The summed E-state index contributed by atoms with van der Waals surface area (Å²) in [5.74, 6) is 0. The first-order valence-corrected chi connectivity index (χ1v) is 10.2. The number of hydrogen-bond donors (Lipinski definition) is 1. The van der Waals surface area contributed by atoms with Crippen molar-refractivity contribution < 1.29 is 32.8 Å². The zero-order valence-corrected chi connectivity index (χ0v) is 17.4. The molecule has 9 nitrogen and oxygen atoms in total. The minimum absolute atomic E-state index is 0.303. The summed E-state index contributed by atoms with van der Waals surface area (Å²) in [5.41, 5.74) is 1.14. The number of hydrogen-bond acceptors (Lipinski definition) is 9. The minimum atomic E-state index is -3.68. The van der Waals surface area contributed by atoms with Gasteiger partial charge >= 0.3 is 9.05 Å². The molecule has 0 aromatic heterocycles. The average molecular weight is 403 g/mol. The molecule has 0 bridgehead atoms. The predicted octanol–water partition coefficient (Wildman–Crippen LogP) is 1.76. The fraction of sp³-hybridized carbons (Fsp3) is 0.529. The molecule has 0 aliphatic rings. The molecule has 0 radical (unpaired) electrons. The van der Waals surface area contributed by atoms with Crippen molar-refractivity contribution in [2.75, 3.05) is 54.6 Å². The van der Waals surface area contributed by atoms with Gasteiger partial charge in [-0.15, -0.1) is 0 Å². The van der Waals surface area contributed by atoms with Crippen molar-refractivity contribution in [1.82, 2.24) is 10.2 Å². The lowest BCUT2D eigenvalue weighted by atomic mass is 10.2. The molecule has 10 heteroatoms. The second-order valence-corrected chi connectivity index (χ2v) is 7.11. The highest BCUT2D eigenvalue weighted by Crippen LogP contribution is 2.13. The summed E-state index contributed by atoms with van der Waals surface area (Å²) in [4.78, 5) is 16.1. The van der Waals surface area contributed by atoms with Gasteiger partial charge < -0.3 is 14.6 Å². The van der Waals surface area contributed by atoms with Crippen molar-refractivity contribution in [3.63, 3.8) is 0 Å². The van der Waals surface area contributed by atoms with Crippen LogP contribution in [0.4, 0.5) is 0 Å². The van der Waals surface area contributed by atoms with E-state index in [9.17, 15) is 0 Å². The van der Waals surface area contributed by atoms with Gasteiger partial charge in [0.15, 0.2) is 0 Å². The molecular formula is C17H30N2O7Si. The number of benzene rings is 1. The first-order valence-electron chi connectivity index (χ1n) is 8.61. The second-order valence-electron chi connectivity index (χ2n) is 5.32. The Hall–Kier alpha value is -1.34. The molecule has 1 aromatic rings.